The summed E-state index contributed by atoms with van der Waals surface area (Å²) in [6.07, 6.45) is 1.40. The van der Waals surface area contributed by atoms with E-state index in [1.165, 1.54) is 23.1 Å². The first-order valence-electron chi connectivity index (χ1n) is 11.4. The molecule has 0 N–H and O–H groups in total. The number of sulfone groups is 1. The van der Waals surface area contributed by atoms with Crippen molar-refractivity contribution in [3.8, 4) is 5.75 Å². The molecule has 0 aromatic heterocycles. The van der Waals surface area contributed by atoms with Crippen LogP contribution in [0.2, 0.25) is 0 Å². The molecule has 2 heterocycles. The monoisotopic (exact) mass is 494 g/mol. The molecular formula is C24H34N2O7S. The van der Waals surface area contributed by atoms with Crippen LogP contribution >= 0.6 is 0 Å². The van der Waals surface area contributed by atoms with Gasteiger partial charge >= 0.3 is 12.2 Å². The molecule has 2 fully saturated rings. The highest BCUT2D eigenvalue weighted by molar-refractivity contribution is 7.92. The molecule has 1 aromatic rings. The average molecular weight is 495 g/mol. The van der Waals surface area contributed by atoms with Crippen LogP contribution in [0, 0.1) is 5.92 Å². The molecule has 10 heteroatoms. The third kappa shape index (κ3) is 6.22. The van der Waals surface area contributed by atoms with Crippen LogP contribution in [0.4, 0.5) is 9.59 Å². The Hall–Kier alpha value is -2.75. The second kappa shape index (κ2) is 10.2. The molecule has 2 aliphatic heterocycles. The van der Waals surface area contributed by atoms with E-state index in [9.17, 15) is 18.0 Å². The maximum atomic E-state index is 12.8. The second-order valence-corrected chi connectivity index (χ2v) is 12.0. The van der Waals surface area contributed by atoms with Crippen molar-refractivity contribution < 1.29 is 32.2 Å². The van der Waals surface area contributed by atoms with Crippen LogP contribution in [0.25, 0.3) is 0 Å². The van der Waals surface area contributed by atoms with Gasteiger partial charge in [-0.15, -0.1) is 0 Å². The fourth-order valence-electron chi connectivity index (χ4n) is 3.98. The van der Waals surface area contributed by atoms with Crippen molar-refractivity contribution in [3.05, 3.63) is 36.9 Å². The summed E-state index contributed by atoms with van der Waals surface area (Å²) in [5.41, 5.74) is -0.542. The summed E-state index contributed by atoms with van der Waals surface area (Å²) in [5.74, 6) is 0.721. The van der Waals surface area contributed by atoms with Gasteiger partial charge in [-0.1, -0.05) is 12.7 Å². The standard InChI is InChI=1S/C24H34N2O7S/c1-6-11-31-22(27)25-14-21(15-25)34(29,30)20-9-7-19(8-10-20)32-16-18-12-17(2)26(13-18)23(28)33-24(3,4)5/h6-10,17-18,21H,1,11-16H2,2-5H3/t17-,18-/m0/s1. The lowest BCUT2D eigenvalue weighted by molar-refractivity contribution is 0.0231. The molecule has 0 bridgehead atoms. The van der Waals surface area contributed by atoms with Crippen LogP contribution in [0.15, 0.2) is 41.8 Å². The van der Waals surface area contributed by atoms with Gasteiger partial charge in [0.05, 0.1) is 11.5 Å². The molecule has 188 valence electrons. The minimum atomic E-state index is -3.56. The first-order valence-corrected chi connectivity index (χ1v) is 12.9. The Morgan fingerprint density at radius 1 is 1.12 bits per heavy atom. The van der Waals surface area contributed by atoms with Crippen molar-refractivity contribution in [1.82, 2.24) is 9.80 Å². The number of benzene rings is 1. The third-order valence-corrected chi connectivity index (χ3v) is 7.90. The summed E-state index contributed by atoms with van der Waals surface area (Å²) in [7, 11) is -3.56. The molecule has 0 aliphatic carbocycles. The molecule has 3 rings (SSSR count). The van der Waals surface area contributed by atoms with Crippen LogP contribution in [0.5, 0.6) is 5.75 Å². The third-order valence-electron chi connectivity index (χ3n) is 5.80. The molecule has 2 amide bonds. The highest BCUT2D eigenvalue weighted by atomic mass is 32.2. The summed E-state index contributed by atoms with van der Waals surface area (Å²) in [5, 5.41) is -0.658. The molecule has 34 heavy (non-hydrogen) atoms. The van der Waals surface area contributed by atoms with Crippen molar-refractivity contribution in [1.29, 1.82) is 0 Å². The summed E-state index contributed by atoms with van der Waals surface area (Å²) < 4.78 is 41.9. The van der Waals surface area contributed by atoms with Crippen molar-refractivity contribution >= 4 is 22.0 Å². The largest absolute Gasteiger partial charge is 0.493 e. The molecule has 2 saturated heterocycles. The number of nitrogens with zero attached hydrogens (tertiary/aromatic N) is 2. The molecule has 0 saturated carbocycles. The molecule has 2 aliphatic rings. The number of hydrogen-bond acceptors (Lipinski definition) is 7. The smallest absolute Gasteiger partial charge is 0.410 e. The normalized spacial score (nSPS) is 21.1. The number of carbonyl (C=O) groups excluding carboxylic acids is 2. The fraction of sp³-hybridized carbons (Fsp3) is 0.583. The SMILES string of the molecule is C=CCOC(=O)N1CC(S(=O)(=O)c2ccc(OC[C@H]3C[C@H](C)N(C(=O)OC(C)(C)C)C3)cc2)C1. The number of hydrogen-bond donors (Lipinski definition) is 0. The van der Waals surface area contributed by atoms with Gasteiger partial charge < -0.3 is 24.0 Å². The summed E-state index contributed by atoms with van der Waals surface area (Å²) in [6, 6.07) is 6.37. The van der Waals surface area contributed by atoms with Crippen molar-refractivity contribution in [2.45, 2.75) is 55.9 Å². The van der Waals surface area contributed by atoms with Gasteiger partial charge in [-0.3, -0.25) is 0 Å². The Bertz CT molecular complexity index is 995. The van der Waals surface area contributed by atoms with Crippen molar-refractivity contribution in [3.63, 3.8) is 0 Å². The van der Waals surface area contributed by atoms with Crippen molar-refractivity contribution in [2.75, 3.05) is 32.8 Å². The van der Waals surface area contributed by atoms with E-state index in [4.69, 9.17) is 14.2 Å². The average Bonchev–Trinajstić information content (AvgIpc) is 3.09. The minimum Gasteiger partial charge on any atom is -0.493 e. The van der Waals surface area contributed by atoms with E-state index in [0.29, 0.717) is 18.9 Å². The van der Waals surface area contributed by atoms with Crippen LogP contribution in [-0.4, -0.2) is 80.1 Å². The van der Waals surface area contributed by atoms with E-state index in [-0.39, 0.29) is 42.6 Å². The van der Waals surface area contributed by atoms with E-state index in [1.807, 2.05) is 27.7 Å². The first kappa shape index (κ1) is 25.9. The van der Waals surface area contributed by atoms with Crippen LogP contribution in [0.3, 0.4) is 0 Å². The molecule has 1 aromatic carbocycles. The molecular weight excluding hydrogens is 460 g/mol. The number of likely N-dealkylation sites (tertiary alicyclic amines) is 2. The molecule has 9 nitrogen and oxygen atoms in total. The zero-order chi connectivity index (χ0) is 25.1. The highest BCUT2D eigenvalue weighted by Gasteiger charge is 2.41. The molecule has 0 unspecified atom stereocenters. The highest BCUT2D eigenvalue weighted by Crippen LogP contribution is 2.28. The molecule has 0 spiro atoms. The van der Waals surface area contributed by atoms with E-state index in [0.717, 1.165) is 6.42 Å². The van der Waals surface area contributed by atoms with Gasteiger partial charge in [0.15, 0.2) is 9.84 Å². The number of rotatable bonds is 7. The molecule has 2 atom stereocenters. The van der Waals surface area contributed by atoms with Gasteiger partial charge in [-0.05, 0) is 58.4 Å². The summed E-state index contributed by atoms with van der Waals surface area (Å²) in [4.78, 5) is 27.4. The van der Waals surface area contributed by atoms with E-state index in [2.05, 4.69) is 6.58 Å². The lowest BCUT2D eigenvalue weighted by atomic mass is 10.1. The van der Waals surface area contributed by atoms with Gasteiger partial charge in [0.25, 0.3) is 0 Å². The predicted molar refractivity (Wildman–Crippen MR) is 127 cm³/mol. The Morgan fingerprint density at radius 2 is 1.76 bits per heavy atom. The Balaban J connectivity index is 1.49. The van der Waals surface area contributed by atoms with E-state index in [1.54, 1.807) is 17.0 Å². The number of amides is 2. The van der Waals surface area contributed by atoms with Gasteiger partial charge in [0.1, 0.15) is 23.2 Å². The van der Waals surface area contributed by atoms with Gasteiger partial charge in [0, 0.05) is 31.6 Å². The predicted octanol–water partition coefficient (Wildman–Crippen LogP) is 3.49. The number of carbonyl (C=O) groups is 2. The van der Waals surface area contributed by atoms with E-state index >= 15 is 0 Å². The van der Waals surface area contributed by atoms with Crippen LogP contribution in [-0.2, 0) is 19.3 Å². The minimum absolute atomic E-state index is 0.0621. The van der Waals surface area contributed by atoms with E-state index < -0.39 is 26.8 Å². The fourth-order valence-corrected chi connectivity index (χ4v) is 5.63. The maximum absolute atomic E-state index is 12.8. The van der Waals surface area contributed by atoms with Crippen LogP contribution in [0.1, 0.15) is 34.1 Å². The Labute approximate surface area is 201 Å². The zero-order valence-corrected chi connectivity index (χ0v) is 21.0. The van der Waals surface area contributed by atoms with Gasteiger partial charge in [-0.25, -0.2) is 18.0 Å². The zero-order valence-electron chi connectivity index (χ0n) is 20.2. The lowest BCUT2D eigenvalue weighted by Gasteiger charge is -2.37. The summed E-state index contributed by atoms with van der Waals surface area (Å²) in [6.45, 7) is 12.3. The van der Waals surface area contributed by atoms with Crippen LogP contribution < -0.4 is 4.74 Å². The number of ether oxygens (including phenoxy) is 3. The second-order valence-electron chi connectivity index (χ2n) is 9.80. The Kier molecular flexibility index (Phi) is 7.80. The maximum Gasteiger partial charge on any atom is 0.410 e. The summed E-state index contributed by atoms with van der Waals surface area (Å²) >= 11 is 0. The van der Waals surface area contributed by atoms with Crippen molar-refractivity contribution in [2.24, 2.45) is 5.92 Å². The quantitative estimate of drug-likeness (QED) is 0.535. The lowest BCUT2D eigenvalue weighted by Crippen LogP contribution is -2.56. The molecule has 0 radical (unpaired) electrons. The Morgan fingerprint density at radius 3 is 2.35 bits per heavy atom. The topological polar surface area (TPSA) is 102 Å². The first-order chi connectivity index (χ1) is 15.9. The van der Waals surface area contributed by atoms with Gasteiger partial charge in [0.2, 0.25) is 0 Å². The van der Waals surface area contributed by atoms with Gasteiger partial charge in [-0.2, -0.15) is 0 Å².